The zero-order valence-electron chi connectivity index (χ0n) is 20.8. The summed E-state index contributed by atoms with van der Waals surface area (Å²) in [6.45, 7) is 0.692. The van der Waals surface area contributed by atoms with Gasteiger partial charge in [0.2, 0.25) is 5.95 Å². The van der Waals surface area contributed by atoms with Gasteiger partial charge in [0.15, 0.2) is 11.2 Å². The van der Waals surface area contributed by atoms with Crippen LogP contribution in [0, 0.1) is 5.82 Å². The molecule has 0 bridgehead atoms. The fraction of sp³-hybridized carbons (Fsp3) is 0.143. The molecule has 10 heteroatoms. The second kappa shape index (κ2) is 10.6. The number of aromatic nitrogens is 4. The van der Waals surface area contributed by atoms with Gasteiger partial charge in [0, 0.05) is 14.1 Å². The lowest BCUT2D eigenvalue weighted by Gasteiger charge is -2.09. The smallest absolute Gasteiger partial charge is 0.332 e. The van der Waals surface area contributed by atoms with Crippen molar-refractivity contribution in [1.82, 2.24) is 18.7 Å². The maximum absolute atomic E-state index is 13.4. The van der Waals surface area contributed by atoms with Crippen LogP contribution in [0.1, 0.15) is 16.7 Å². The number of imidazole rings is 1. The summed E-state index contributed by atoms with van der Waals surface area (Å²) in [5, 5.41) is 4.30. The monoisotopic (exact) mass is 512 g/mol. The first-order chi connectivity index (χ1) is 18.4. The SMILES string of the molecule is Cn1c(=O)c2c(nc(N/N=C\c3ccc(OCc4ccccc4)cc3)n2Cc2ccc(F)cc2)n(C)c1=O. The zero-order valence-corrected chi connectivity index (χ0v) is 20.8. The molecule has 0 atom stereocenters. The summed E-state index contributed by atoms with van der Waals surface area (Å²) in [4.78, 5) is 29.9. The Balaban J connectivity index is 1.39. The van der Waals surface area contributed by atoms with Gasteiger partial charge in [0.05, 0.1) is 12.8 Å². The summed E-state index contributed by atoms with van der Waals surface area (Å²) in [6, 6.07) is 23.3. The number of anilines is 1. The summed E-state index contributed by atoms with van der Waals surface area (Å²) in [5.74, 6) is 0.639. The van der Waals surface area contributed by atoms with Crippen molar-refractivity contribution in [3.63, 3.8) is 0 Å². The molecule has 38 heavy (non-hydrogen) atoms. The molecule has 0 amide bonds. The van der Waals surface area contributed by atoms with Crippen LogP contribution in [0.2, 0.25) is 0 Å². The molecule has 0 saturated heterocycles. The van der Waals surface area contributed by atoms with Gasteiger partial charge in [-0.25, -0.2) is 14.6 Å². The van der Waals surface area contributed by atoms with Crippen molar-refractivity contribution >= 4 is 23.3 Å². The maximum atomic E-state index is 13.4. The van der Waals surface area contributed by atoms with Crippen molar-refractivity contribution < 1.29 is 9.13 Å². The highest BCUT2D eigenvalue weighted by atomic mass is 19.1. The van der Waals surface area contributed by atoms with Crippen molar-refractivity contribution in [2.75, 3.05) is 5.43 Å². The highest BCUT2D eigenvalue weighted by Crippen LogP contribution is 2.19. The third kappa shape index (κ3) is 5.10. The number of ether oxygens (including phenoxy) is 1. The minimum absolute atomic E-state index is 0.218. The molecule has 3 aromatic carbocycles. The predicted molar refractivity (Wildman–Crippen MR) is 144 cm³/mol. The number of hydrogen-bond acceptors (Lipinski definition) is 6. The minimum Gasteiger partial charge on any atom is -0.489 e. The van der Waals surface area contributed by atoms with E-state index in [1.54, 1.807) is 30.0 Å². The van der Waals surface area contributed by atoms with E-state index in [1.807, 2.05) is 54.6 Å². The Morgan fingerprint density at radius 3 is 2.34 bits per heavy atom. The van der Waals surface area contributed by atoms with Crippen LogP contribution in [0.5, 0.6) is 5.75 Å². The molecule has 0 aliphatic carbocycles. The molecule has 0 spiro atoms. The van der Waals surface area contributed by atoms with E-state index < -0.39 is 11.2 Å². The number of benzene rings is 3. The molecule has 5 rings (SSSR count). The Bertz CT molecular complexity index is 1720. The van der Waals surface area contributed by atoms with E-state index in [9.17, 15) is 14.0 Å². The van der Waals surface area contributed by atoms with E-state index in [1.165, 1.54) is 23.7 Å². The third-order valence-corrected chi connectivity index (χ3v) is 6.11. The predicted octanol–water partition coefficient (Wildman–Crippen LogP) is 3.65. The first kappa shape index (κ1) is 24.7. The Hall–Kier alpha value is -4.99. The minimum atomic E-state index is -0.487. The van der Waals surface area contributed by atoms with Crippen molar-refractivity contribution in [2.24, 2.45) is 19.2 Å². The molecule has 0 aliphatic rings. The molecular weight excluding hydrogens is 487 g/mol. The number of aryl methyl sites for hydroxylation is 1. The number of rotatable bonds is 8. The summed E-state index contributed by atoms with van der Waals surface area (Å²) >= 11 is 0. The topological polar surface area (TPSA) is 95.4 Å². The quantitative estimate of drug-likeness (QED) is 0.253. The van der Waals surface area contributed by atoms with E-state index in [-0.39, 0.29) is 29.5 Å². The van der Waals surface area contributed by atoms with Crippen molar-refractivity contribution in [3.8, 4) is 5.75 Å². The zero-order chi connectivity index (χ0) is 26.6. The summed E-state index contributed by atoms with van der Waals surface area (Å²) in [6.07, 6.45) is 1.61. The van der Waals surface area contributed by atoms with Gasteiger partial charge in [-0.05, 0) is 53.1 Å². The lowest BCUT2D eigenvalue weighted by Crippen LogP contribution is -2.37. The van der Waals surface area contributed by atoms with Gasteiger partial charge in [0.1, 0.15) is 18.2 Å². The second-order valence-electron chi connectivity index (χ2n) is 8.74. The van der Waals surface area contributed by atoms with E-state index in [4.69, 9.17) is 4.74 Å². The molecule has 5 aromatic rings. The van der Waals surface area contributed by atoms with Crippen LogP contribution in [-0.4, -0.2) is 24.9 Å². The van der Waals surface area contributed by atoms with Crippen molar-refractivity contribution in [3.05, 3.63) is 122 Å². The van der Waals surface area contributed by atoms with E-state index in [2.05, 4.69) is 15.5 Å². The van der Waals surface area contributed by atoms with Gasteiger partial charge in [-0.1, -0.05) is 42.5 Å². The molecule has 0 fully saturated rings. The van der Waals surface area contributed by atoms with Gasteiger partial charge >= 0.3 is 5.69 Å². The van der Waals surface area contributed by atoms with Gasteiger partial charge in [0.25, 0.3) is 5.56 Å². The maximum Gasteiger partial charge on any atom is 0.332 e. The lowest BCUT2D eigenvalue weighted by atomic mass is 10.2. The van der Waals surface area contributed by atoms with E-state index >= 15 is 0 Å². The average Bonchev–Trinajstić information content (AvgIpc) is 3.30. The van der Waals surface area contributed by atoms with Crippen LogP contribution in [0.25, 0.3) is 11.2 Å². The van der Waals surface area contributed by atoms with Crippen LogP contribution < -0.4 is 21.4 Å². The second-order valence-corrected chi connectivity index (χ2v) is 8.74. The van der Waals surface area contributed by atoms with E-state index in [0.29, 0.717) is 6.61 Å². The number of nitrogens with one attached hydrogen (secondary N) is 1. The van der Waals surface area contributed by atoms with E-state index in [0.717, 1.165) is 27.0 Å². The first-order valence-electron chi connectivity index (χ1n) is 11.9. The molecule has 2 heterocycles. The normalized spacial score (nSPS) is 11.3. The number of hydrogen-bond donors (Lipinski definition) is 1. The third-order valence-electron chi connectivity index (χ3n) is 6.11. The highest BCUT2D eigenvalue weighted by molar-refractivity contribution is 5.80. The number of hydrazone groups is 1. The Morgan fingerprint density at radius 1 is 0.921 bits per heavy atom. The average molecular weight is 513 g/mol. The Labute approximate surface area is 217 Å². The fourth-order valence-corrected chi connectivity index (χ4v) is 4.01. The lowest BCUT2D eigenvalue weighted by molar-refractivity contribution is 0.306. The Kier molecular flexibility index (Phi) is 6.86. The highest BCUT2D eigenvalue weighted by Gasteiger charge is 2.19. The van der Waals surface area contributed by atoms with Gasteiger partial charge < -0.3 is 4.74 Å². The van der Waals surface area contributed by atoms with Crippen LogP contribution in [0.15, 0.2) is 93.6 Å². The van der Waals surface area contributed by atoms with Gasteiger partial charge in [-0.3, -0.25) is 18.5 Å². The molecule has 2 aromatic heterocycles. The van der Waals surface area contributed by atoms with Gasteiger partial charge in [-0.15, -0.1) is 0 Å². The van der Waals surface area contributed by atoms with Crippen LogP contribution in [-0.2, 0) is 27.2 Å². The molecular formula is C28H25FN6O3. The fourth-order valence-electron chi connectivity index (χ4n) is 4.01. The summed E-state index contributed by atoms with van der Waals surface area (Å²) < 4.78 is 23.2. The van der Waals surface area contributed by atoms with Crippen LogP contribution >= 0.6 is 0 Å². The number of halogens is 1. The molecule has 9 nitrogen and oxygen atoms in total. The first-order valence-corrected chi connectivity index (χ1v) is 11.9. The van der Waals surface area contributed by atoms with Crippen molar-refractivity contribution in [2.45, 2.75) is 13.2 Å². The molecule has 0 aliphatic heterocycles. The largest absolute Gasteiger partial charge is 0.489 e. The Morgan fingerprint density at radius 2 is 1.63 bits per heavy atom. The summed E-state index contributed by atoms with van der Waals surface area (Å²) in [7, 11) is 2.96. The van der Waals surface area contributed by atoms with Crippen LogP contribution in [0.3, 0.4) is 0 Å². The number of nitrogens with zero attached hydrogens (tertiary/aromatic N) is 5. The standard InChI is InChI=1S/C28H25FN6O3/c1-33-25-24(26(36)34(2)28(33)37)35(17-20-8-12-22(29)13-9-20)27(31-25)32-30-16-19-10-14-23(15-11-19)38-18-21-6-4-3-5-7-21/h3-16H,17-18H2,1-2H3,(H,31,32)/b30-16-. The molecule has 0 unspecified atom stereocenters. The molecule has 192 valence electrons. The van der Waals surface area contributed by atoms with Crippen LogP contribution in [0.4, 0.5) is 10.3 Å². The number of fused-ring (bicyclic) bond motifs is 1. The summed E-state index contributed by atoms with van der Waals surface area (Å²) in [5.41, 5.74) is 5.02. The van der Waals surface area contributed by atoms with Gasteiger partial charge in [-0.2, -0.15) is 10.1 Å². The molecule has 0 radical (unpaired) electrons. The molecule has 0 saturated carbocycles. The molecule has 1 N–H and O–H groups in total. The van der Waals surface area contributed by atoms with Crippen molar-refractivity contribution in [1.29, 1.82) is 0 Å².